The van der Waals surface area contributed by atoms with Crippen molar-refractivity contribution < 1.29 is 19.1 Å². The highest BCUT2D eigenvalue weighted by atomic mass is 32.1. The maximum atomic E-state index is 13.7. The fourth-order valence-corrected chi connectivity index (χ4v) is 7.85. The zero-order valence-electron chi connectivity index (χ0n) is 19.8. The van der Waals surface area contributed by atoms with E-state index in [4.69, 9.17) is 4.74 Å². The number of rotatable bonds is 7. The number of carbonyl (C=O) groups excluding carboxylic acids is 3. The van der Waals surface area contributed by atoms with E-state index in [9.17, 15) is 14.4 Å². The van der Waals surface area contributed by atoms with Gasteiger partial charge in [-0.15, -0.1) is 11.3 Å². The topological polar surface area (TPSA) is 84.5 Å². The van der Waals surface area contributed by atoms with Gasteiger partial charge in [-0.25, -0.2) is 4.79 Å². The molecule has 2 N–H and O–H groups in total. The maximum absolute atomic E-state index is 13.7. The Kier molecular flexibility index (Phi) is 6.23. The molecule has 2 aromatic rings. The standard InChI is InChI=1S/C27H32N2O4S/c1-3-33-25(31)22-16(2)21(23(30)28-15-17-7-5-4-6-8-17)24(34-22)29-26(32)27-12-18-9-19(13-27)11-20(10-18)14-27/h4-8,18-20H,3,9-15H2,1-2H3,(H,28,30)(H,29,32). The third kappa shape index (κ3) is 4.26. The summed E-state index contributed by atoms with van der Waals surface area (Å²) in [5.41, 5.74) is 1.56. The average Bonchev–Trinajstić information content (AvgIpc) is 3.13. The summed E-state index contributed by atoms with van der Waals surface area (Å²) in [7, 11) is 0. The molecular formula is C27H32N2O4S. The number of carbonyl (C=O) groups is 3. The minimum Gasteiger partial charge on any atom is -0.462 e. The van der Waals surface area contributed by atoms with Crippen LogP contribution in [0.25, 0.3) is 0 Å². The molecule has 6 nitrogen and oxygen atoms in total. The van der Waals surface area contributed by atoms with E-state index in [0.717, 1.165) is 36.2 Å². The Morgan fingerprint density at radius 1 is 1.03 bits per heavy atom. The summed E-state index contributed by atoms with van der Waals surface area (Å²) < 4.78 is 5.22. The summed E-state index contributed by atoms with van der Waals surface area (Å²) in [6, 6.07) is 9.67. The number of anilines is 1. The number of hydrogen-bond donors (Lipinski definition) is 2. The predicted molar refractivity (Wildman–Crippen MR) is 132 cm³/mol. The Morgan fingerprint density at radius 3 is 2.24 bits per heavy atom. The molecule has 4 saturated carbocycles. The van der Waals surface area contributed by atoms with Crippen LogP contribution in [0.4, 0.5) is 5.00 Å². The van der Waals surface area contributed by atoms with E-state index in [2.05, 4.69) is 10.6 Å². The van der Waals surface area contributed by atoms with Gasteiger partial charge in [0.1, 0.15) is 9.88 Å². The number of esters is 1. The van der Waals surface area contributed by atoms with Crippen molar-refractivity contribution in [1.29, 1.82) is 0 Å². The molecule has 1 aromatic carbocycles. The third-order valence-electron chi connectivity index (χ3n) is 7.88. The van der Waals surface area contributed by atoms with Gasteiger partial charge >= 0.3 is 5.97 Å². The number of nitrogens with one attached hydrogen (secondary N) is 2. The molecule has 0 saturated heterocycles. The lowest BCUT2D eigenvalue weighted by Gasteiger charge is -2.55. The molecule has 2 amide bonds. The van der Waals surface area contributed by atoms with Gasteiger partial charge in [0.25, 0.3) is 5.91 Å². The molecule has 4 aliphatic rings. The smallest absolute Gasteiger partial charge is 0.348 e. The fraction of sp³-hybridized carbons (Fsp3) is 0.519. The first-order chi connectivity index (χ1) is 16.4. The third-order valence-corrected chi connectivity index (χ3v) is 9.06. The van der Waals surface area contributed by atoms with E-state index in [1.165, 1.54) is 19.3 Å². The monoisotopic (exact) mass is 480 g/mol. The Morgan fingerprint density at radius 2 is 1.65 bits per heavy atom. The quantitative estimate of drug-likeness (QED) is 0.526. The Labute approximate surface area is 204 Å². The average molecular weight is 481 g/mol. The molecule has 0 atom stereocenters. The van der Waals surface area contributed by atoms with Crippen molar-refractivity contribution in [1.82, 2.24) is 5.32 Å². The highest BCUT2D eigenvalue weighted by molar-refractivity contribution is 7.18. The summed E-state index contributed by atoms with van der Waals surface area (Å²) in [6.07, 6.45) is 6.58. The van der Waals surface area contributed by atoms with Crippen molar-refractivity contribution >= 4 is 34.1 Å². The zero-order chi connectivity index (χ0) is 23.9. The van der Waals surface area contributed by atoms with Crippen molar-refractivity contribution in [2.45, 2.75) is 58.9 Å². The van der Waals surface area contributed by atoms with Crippen LogP contribution in [0.5, 0.6) is 0 Å². The van der Waals surface area contributed by atoms with E-state index in [-0.39, 0.29) is 23.8 Å². The van der Waals surface area contributed by atoms with E-state index >= 15 is 0 Å². The van der Waals surface area contributed by atoms with Crippen LogP contribution in [0.15, 0.2) is 30.3 Å². The van der Waals surface area contributed by atoms with Crippen LogP contribution in [0.2, 0.25) is 0 Å². The molecule has 6 rings (SSSR count). The number of thiophene rings is 1. The van der Waals surface area contributed by atoms with Crippen molar-refractivity contribution in [3.63, 3.8) is 0 Å². The lowest BCUT2D eigenvalue weighted by molar-refractivity contribution is -0.140. The zero-order valence-corrected chi connectivity index (χ0v) is 20.6. The molecule has 1 heterocycles. The van der Waals surface area contributed by atoms with Crippen molar-refractivity contribution in [3.8, 4) is 0 Å². The molecule has 34 heavy (non-hydrogen) atoms. The molecule has 0 radical (unpaired) electrons. The van der Waals surface area contributed by atoms with Gasteiger partial charge in [-0.3, -0.25) is 9.59 Å². The summed E-state index contributed by atoms with van der Waals surface area (Å²) >= 11 is 1.15. The first-order valence-electron chi connectivity index (χ1n) is 12.3. The van der Waals surface area contributed by atoms with E-state index in [1.807, 2.05) is 30.3 Å². The van der Waals surface area contributed by atoms with E-state index < -0.39 is 5.97 Å². The molecular weight excluding hydrogens is 448 g/mol. The minimum absolute atomic E-state index is 0.0142. The van der Waals surface area contributed by atoms with Crippen molar-refractivity contribution in [2.75, 3.05) is 11.9 Å². The number of benzene rings is 1. The summed E-state index contributed by atoms with van der Waals surface area (Å²) in [6.45, 7) is 4.12. The van der Waals surface area contributed by atoms with Gasteiger partial charge in [-0.2, -0.15) is 0 Å². The van der Waals surface area contributed by atoms with Gasteiger partial charge in [-0.05, 0) is 81.3 Å². The Balaban J connectivity index is 1.41. The van der Waals surface area contributed by atoms with Gasteiger partial charge in [0.05, 0.1) is 17.6 Å². The van der Waals surface area contributed by atoms with E-state index in [0.29, 0.717) is 45.3 Å². The lowest BCUT2D eigenvalue weighted by atomic mass is 9.49. The SMILES string of the molecule is CCOC(=O)c1sc(NC(=O)C23CC4CC(CC(C4)C2)C3)c(C(=O)NCc2ccccc2)c1C. The highest BCUT2D eigenvalue weighted by Crippen LogP contribution is 2.60. The van der Waals surface area contributed by atoms with Gasteiger partial charge in [0.15, 0.2) is 0 Å². The first-order valence-corrected chi connectivity index (χ1v) is 13.1. The second-order valence-corrected chi connectivity index (χ2v) is 11.3. The second-order valence-electron chi connectivity index (χ2n) is 10.3. The first kappa shape index (κ1) is 23.1. The summed E-state index contributed by atoms with van der Waals surface area (Å²) in [5, 5.41) is 6.52. The molecule has 180 valence electrons. The summed E-state index contributed by atoms with van der Waals surface area (Å²) in [4.78, 5) is 39.9. The molecule has 7 heteroatoms. The number of hydrogen-bond acceptors (Lipinski definition) is 5. The predicted octanol–water partition coefficient (Wildman–Crippen LogP) is 5.32. The van der Waals surface area contributed by atoms with E-state index in [1.54, 1.807) is 13.8 Å². The number of ether oxygens (including phenoxy) is 1. The normalized spacial score (nSPS) is 26.8. The van der Waals surface area contributed by atoms with Crippen LogP contribution in [0, 0.1) is 30.1 Å². The van der Waals surface area contributed by atoms with Crippen LogP contribution >= 0.6 is 11.3 Å². The van der Waals surface area contributed by atoms with Gasteiger partial charge in [0, 0.05) is 6.54 Å². The van der Waals surface area contributed by atoms with Gasteiger partial charge in [-0.1, -0.05) is 30.3 Å². The van der Waals surface area contributed by atoms with Crippen LogP contribution in [-0.2, 0) is 16.1 Å². The Bertz CT molecular complexity index is 1070. The van der Waals surface area contributed by atoms with Crippen LogP contribution in [-0.4, -0.2) is 24.4 Å². The van der Waals surface area contributed by atoms with Crippen molar-refractivity contribution in [2.24, 2.45) is 23.2 Å². The highest BCUT2D eigenvalue weighted by Gasteiger charge is 2.54. The molecule has 0 unspecified atom stereocenters. The largest absolute Gasteiger partial charge is 0.462 e. The maximum Gasteiger partial charge on any atom is 0.348 e. The Hall–Kier alpha value is -2.67. The molecule has 0 aliphatic heterocycles. The van der Waals surface area contributed by atoms with Crippen LogP contribution in [0.1, 0.15) is 76.6 Å². The van der Waals surface area contributed by atoms with Crippen LogP contribution in [0.3, 0.4) is 0 Å². The molecule has 0 spiro atoms. The molecule has 1 aromatic heterocycles. The fourth-order valence-electron chi connectivity index (χ4n) is 6.76. The molecule has 4 aliphatic carbocycles. The number of amides is 2. The van der Waals surface area contributed by atoms with Crippen molar-refractivity contribution in [3.05, 3.63) is 51.9 Å². The second kappa shape index (κ2) is 9.17. The van der Waals surface area contributed by atoms with Gasteiger partial charge < -0.3 is 15.4 Å². The molecule has 4 fully saturated rings. The lowest BCUT2D eigenvalue weighted by Crippen LogP contribution is -2.51. The molecule has 4 bridgehead atoms. The summed E-state index contributed by atoms with van der Waals surface area (Å²) in [5.74, 6) is 1.19. The minimum atomic E-state index is -0.461. The van der Waals surface area contributed by atoms with Gasteiger partial charge in [0.2, 0.25) is 5.91 Å². The van der Waals surface area contributed by atoms with Crippen LogP contribution < -0.4 is 10.6 Å².